The van der Waals surface area contributed by atoms with Gasteiger partial charge in [0.05, 0.1) is 11.5 Å². The second kappa shape index (κ2) is 11.6. The van der Waals surface area contributed by atoms with Gasteiger partial charge in [-0.3, -0.25) is 4.99 Å². The molecule has 0 saturated heterocycles. The van der Waals surface area contributed by atoms with E-state index in [1.165, 1.54) is 6.26 Å². The maximum Gasteiger partial charge on any atom is 0.407 e. The van der Waals surface area contributed by atoms with Gasteiger partial charge in [0.1, 0.15) is 0 Å². The highest BCUT2D eigenvalue weighted by Gasteiger charge is 2.15. The minimum absolute atomic E-state index is 0.0936. The van der Waals surface area contributed by atoms with Crippen LogP contribution in [-0.4, -0.2) is 53.0 Å². The fourth-order valence-corrected chi connectivity index (χ4v) is 3.92. The third-order valence-electron chi connectivity index (χ3n) is 4.19. The van der Waals surface area contributed by atoms with Gasteiger partial charge >= 0.3 is 6.09 Å². The van der Waals surface area contributed by atoms with Crippen LogP contribution in [0.3, 0.4) is 0 Å². The van der Waals surface area contributed by atoms with Crippen LogP contribution in [0.5, 0.6) is 0 Å². The number of alkyl carbamates (subject to hydrolysis) is 1. The zero-order chi connectivity index (χ0) is 22.0. The van der Waals surface area contributed by atoms with Crippen LogP contribution in [0.1, 0.15) is 38.3 Å². The lowest BCUT2D eigenvalue weighted by atomic mass is 10.0. The van der Waals surface area contributed by atoms with E-state index in [-0.39, 0.29) is 6.04 Å². The van der Waals surface area contributed by atoms with Crippen LogP contribution in [-0.2, 0) is 21.1 Å². The molecule has 1 unspecified atom stereocenters. The summed E-state index contributed by atoms with van der Waals surface area (Å²) in [5.74, 6) is 1.00. The molecule has 0 saturated carbocycles. The molecule has 0 spiro atoms. The number of ether oxygens (including phenoxy) is 1. The number of sulfone groups is 1. The van der Waals surface area contributed by atoms with E-state index in [9.17, 15) is 13.2 Å². The van der Waals surface area contributed by atoms with E-state index in [0.29, 0.717) is 42.0 Å². The molecule has 0 bridgehead atoms. The second-order valence-corrected chi connectivity index (χ2v) is 9.35. The van der Waals surface area contributed by atoms with Crippen molar-refractivity contribution in [3.05, 3.63) is 29.3 Å². The SMILES string of the molecule is CCOC(=O)NC(CNC(=NC)NCc1ccc(S(C)(=O)=O)c(C)c1)CC(C)C. The molecule has 1 amide bonds. The summed E-state index contributed by atoms with van der Waals surface area (Å²) >= 11 is 0. The van der Waals surface area contributed by atoms with Gasteiger partial charge in [0.2, 0.25) is 0 Å². The number of benzene rings is 1. The number of rotatable bonds is 9. The Morgan fingerprint density at radius 1 is 1.24 bits per heavy atom. The Morgan fingerprint density at radius 3 is 2.45 bits per heavy atom. The number of hydrogen-bond donors (Lipinski definition) is 3. The van der Waals surface area contributed by atoms with Crippen molar-refractivity contribution < 1.29 is 17.9 Å². The van der Waals surface area contributed by atoms with Crippen LogP contribution in [0.15, 0.2) is 28.1 Å². The predicted molar refractivity (Wildman–Crippen MR) is 116 cm³/mol. The van der Waals surface area contributed by atoms with Gasteiger partial charge in [0.15, 0.2) is 15.8 Å². The molecule has 29 heavy (non-hydrogen) atoms. The standard InChI is InChI=1S/C20H34N4O4S/c1-7-28-20(25)24-17(10-14(2)3)13-23-19(21-5)22-12-16-8-9-18(15(4)11-16)29(6,26)27/h8-9,11,14,17H,7,10,12-13H2,1-6H3,(H,24,25)(H2,21,22,23). The van der Waals surface area contributed by atoms with E-state index in [2.05, 4.69) is 34.8 Å². The van der Waals surface area contributed by atoms with Crippen molar-refractivity contribution in [3.63, 3.8) is 0 Å². The molecule has 3 N–H and O–H groups in total. The van der Waals surface area contributed by atoms with Crippen molar-refractivity contribution in [2.24, 2.45) is 10.9 Å². The number of carbonyl (C=O) groups excluding carboxylic acids is 1. The van der Waals surface area contributed by atoms with E-state index in [0.717, 1.165) is 12.0 Å². The summed E-state index contributed by atoms with van der Waals surface area (Å²) in [4.78, 5) is 16.3. The summed E-state index contributed by atoms with van der Waals surface area (Å²) in [6, 6.07) is 5.16. The summed E-state index contributed by atoms with van der Waals surface area (Å²) < 4.78 is 28.4. The minimum atomic E-state index is -3.23. The normalized spacial score (nSPS) is 13.1. The largest absolute Gasteiger partial charge is 0.450 e. The molecule has 0 radical (unpaired) electrons. The molecule has 0 aliphatic rings. The van der Waals surface area contributed by atoms with Crippen molar-refractivity contribution >= 4 is 21.9 Å². The Labute approximate surface area is 174 Å². The van der Waals surface area contributed by atoms with Gasteiger partial charge in [0, 0.05) is 32.4 Å². The van der Waals surface area contributed by atoms with Crippen LogP contribution in [0.4, 0.5) is 4.79 Å². The Morgan fingerprint density at radius 2 is 1.93 bits per heavy atom. The van der Waals surface area contributed by atoms with E-state index in [4.69, 9.17) is 4.74 Å². The highest BCUT2D eigenvalue weighted by atomic mass is 32.2. The first-order valence-corrected chi connectivity index (χ1v) is 11.6. The van der Waals surface area contributed by atoms with Crippen LogP contribution in [0.25, 0.3) is 0 Å². The number of hydrogen-bond acceptors (Lipinski definition) is 5. The van der Waals surface area contributed by atoms with Crippen molar-refractivity contribution in [1.82, 2.24) is 16.0 Å². The number of nitrogens with one attached hydrogen (secondary N) is 3. The summed E-state index contributed by atoms with van der Waals surface area (Å²) in [6.07, 6.45) is 1.58. The maximum atomic E-state index is 11.7. The summed E-state index contributed by atoms with van der Waals surface area (Å²) in [5, 5.41) is 9.29. The molecular formula is C20H34N4O4S. The van der Waals surface area contributed by atoms with Gasteiger partial charge in [-0.1, -0.05) is 26.0 Å². The Kier molecular flexibility index (Phi) is 9.94. The number of guanidine groups is 1. The average Bonchev–Trinajstić information content (AvgIpc) is 2.60. The average molecular weight is 427 g/mol. The predicted octanol–water partition coefficient (Wildman–Crippen LogP) is 2.22. The van der Waals surface area contributed by atoms with Crippen LogP contribution >= 0.6 is 0 Å². The fourth-order valence-electron chi connectivity index (χ4n) is 2.97. The summed E-state index contributed by atoms with van der Waals surface area (Å²) in [7, 11) is -1.56. The maximum absolute atomic E-state index is 11.7. The quantitative estimate of drug-likeness (QED) is 0.413. The summed E-state index contributed by atoms with van der Waals surface area (Å²) in [5.41, 5.74) is 1.66. The van der Waals surface area contributed by atoms with Crippen molar-refractivity contribution in [3.8, 4) is 0 Å². The van der Waals surface area contributed by atoms with Gasteiger partial charge in [-0.05, 0) is 43.4 Å². The lowest BCUT2D eigenvalue weighted by molar-refractivity contribution is 0.146. The molecule has 0 heterocycles. The Bertz CT molecular complexity index is 807. The zero-order valence-electron chi connectivity index (χ0n) is 18.2. The number of carbonyl (C=O) groups is 1. The molecule has 0 aromatic heterocycles. The van der Waals surface area contributed by atoms with Crippen molar-refractivity contribution in [2.45, 2.75) is 51.6 Å². The van der Waals surface area contributed by atoms with Gasteiger partial charge in [-0.2, -0.15) is 0 Å². The molecule has 8 nitrogen and oxygen atoms in total. The first-order valence-electron chi connectivity index (χ1n) is 9.74. The lowest BCUT2D eigenvalue weighted by Crippen LogP contribution is -2.47. The van der Waals surface area contributed by atoms with E-state index < -0.39 is 15.9 Å². The zero-order valence-corrected chi connectivity index (χ0v) is 19.0. The van der Waals surface area contributed by atoms with Crippen LogP contribution < -0.4 is 16.0 Å². The van der Waals surface area contributed by atoms with Gasteiger partial charge in [-0.15, -0.1) is 0 Å². The van der Waals surface area contributed by atoms with E-state index >= 15 is 0 Å². The van der Waals surface area contributed by atoms with Crippen LogP contribution in [0.2, 0.25) is 0 Å². The van der Waals surface area contributed by atoms with Gasteiger partial charge in [-0.25, -0.2) is 13.2 Å². The highest BCUT2D eigenvalue weighted by Crippen LogP contribution is 2.16. The number of aliphatic imine (C=N–C) groups is 1. The summed E-state index contributed by atoms with van der Waals surface area (Å²) in [6.45, 7) is 9.06. The van der Waals surface area contributed by atoms with E-state index in [1.807, 2.05) is 6.07 Å². The molecule has 0 aliphatic carbocycles. The molecule has 1 aromatic carbocycles. The van der Waals surface area contributed by atoms with E-state index in [1.54, 1.807) is 33.0 Å². The smallest absolute Gasteiger partial charge is 0.407 e. The molecule has 0 aliphatic heterocycles. The molecule has 0 fully saturated rings. The molecule has 1 atom stereocenters. The monoisotopic (exact) mass is 426 g/mol. The highest BCUT2D eigenvalue weighted by molar-refractivity contribution is 7.90. The molecule has 1 rings (SSSR count). The minimum Gasteiger partial charge on any atom is -0.450 e. The van der Waals surface area contributed by atoms with Crippen molar-refractivity contribution in [2.75, 3.05) is 26.5 Å². The molecule has 164 valence electrons. The number of amides is 1. The number of nitrogens with zero attached hydrogens (tertiary/aromatic N) is 1. The Hall–Kier alpha value is -2.29. The van der Waals surface area contributed by atoms with Crippen LogP contribution in [0, 0.1) is 12.8 Å². The molecule has 1 aromatic rings. The van der Waals surface area contributed by atoms with Gasteiger partial charge < -0.3 is 20.7 Å². The third-order valence-corrected chi connectivity index (χ3v) is 5.45. The number of aryl methyl sites for hydroxylation is 1. The first kappa shape index (κ1) is 24.7. The topological polar surface area (TPSA) is 109 Å². The first-order chi connectivity index (χ1) is 13.6. The Balaban J connectivity index is 2.66. The third kappa shape index (κ3) is 9.17. The van der Waals surface area contributed by atoms with Gasteiger partial charge in [0.25, 0.3) is 0 Å². The lowest BCUT2D eigenvalue weighted by Gasteiger charge is -2.22. The molecule has 9 heteroatoms. The van der Waals surface area contributed by atoms with Crippen molar-refractivity contribution in [1.29, 1.82) is 0 Å². The fraction of sp³-hybridized carbons (Fsp3) is 0.600. The molecular weight excluding hydrogens is 392 g/mol. The second-order valence-electron chi connectivity index (χ2n) is 7.37.